The Labute approximate surface area is 110 Å². The van der Waals surface area contributed by atoms with Crippen molar-refractivity contribution in [1.82, 2.24) is 4.90 Å². The molecule has 0 bridgehead atoms. The highest BCUT2D eigenvalue weighted by molar-refractivity contribution is 5.79. The largest absolute Gasteiger partial charge is 0.381 e. The number of carbonyl (C=O) groups excluding carboxylic acids is 1. The molecule has 102 valence electrons. The molecule has 0 unspecified atom stereocenters. The monoisotopic (exact) mass is 251 g/mol. The van der Waals surface area contributed by atoms with Crippen LogP contribution in [0.15, 0.2) is 0 Å². The standard InChI is InChI=1S/C15H25NO2/c17-14(13-4-10-18-11-5-13)16-9-8-15(12-16)6-2-1-3-7-15/h13H,1-12H2. The highest BCUT2D eigenvalue weighted by Gasteiger charge is 2.41. The third-order valence-electron chi connectivity index (χ3n) is 5.23. The highest BCUT2D eigenvalue weighted by Crippen LogP contribution is 2.44. The number of hydrogen-bond acceptors (Lipinski definition) is 2. The van der Waals surface area contributed by atoms with Gasteiger partial charge in [0.2, 0.25) is 5.91 Å². The minimum absolute atomic E-state index is 0.248. The van der Waals surface area contributed by atoms with E-state index in [4.69, 9.17) is 4.74 Å². The Morgan fingerprint density at radius 3 is 2.50 bits per heavy atom. The van der Waals surface area contributed by atoms with Crippen molar-refractivity contribution in [3.63, 3.8) is 0 Å². The maximum absolute atomic E-state index is 12.5. The zero-order chi connectivity index (χ0) is 12.4. The van der Waals surface area contributed by atoms with E-state index in [0.717, 1.165) is 39.1 Å². The van der Waals surface area contributed by atoms with Crippen molar-refractivity contribution >= 4 is 5.91 Å². The normalized spacial score (nSPS) is 28.8. The Kier molecular flexibility index (Phi) is 3.60. The molecule has 1 aliphatic carbocycles. The number of nitrogens with zero attached hydrogens (tertiary/aromatic N) is 1. The van der Waals surface area contributed by atoms with Crippen molar-refractivity contribution in [2.75, 3.05) is 26.3 Å². The van der Waals surface area contributed by atoms with Gasteiger partial charge in [0, 0.05) is 32.2 Å². The van der Waals surface area contributed by atoms with Crippen LogP contribution in [0.25, 0.3) is 0 Å². The molecular formula is C15H25NO2. The smallest absolute Gasteiger partial charge is 0.225 e. The summed E-state index contributed by atoms with van der Waals surface area (Å²) in [6.07, 6.45) is 9.97. The summed E-state index contributed by atoms with van der Waals surface area (Å²) in [6, 6.07) is 0. The third-order valence-corrected chi connectivity index (χ3v) is 5.23. The van der Waals surface area contributed by atoms with Gasteiger partial charge < -0.3 is 9.64 Å². The lowest BCUT2D eigenvalue weighted by Gasteiger charge is -2.34. The second-order valence-corrected chi connectivity index (χ2v) is 6.46. The van der Waals surface area contributed by atoms with E-state index in [9.17, 15) is 4.79 Å². The van der Waals surface area contributed by atoms with E-state index in [0.29, 0.717) is 11.3 Å². The fraction of sp³-hybridized carbons (Fsp3) is 0.933. The van der Waals surface area contributed by atoms with Gasteiger partial charge in [0.1, 0.15) is 0 Å². The first-order chi connectivity index (χ1) is 8.79. The van der Waals surface area contributed by atoms with Crippen LogP contribution >= 0.6 is 0 Å². The van der Waals surface area contributed by atoms with E-state index in [1.165, 1.54) is 38.5 Å². The number of hydrogen-bond donors (Lipinski definition) is 0. The van der Waals surface area contributed by atoms with Crippen molar-refractivity contribution in [2.45, 2.75) is 51.4 Å². The van der Waals surface area contributed by atoms with Crippen molar-refractivity contribution in [3.05, 3.63) is 0 Å². The Bertz CT molecular complexity index is 304. The molecule has 0 N–H and O–H groups in total. The molecule has 0 aromatic carbocycles. The van der Waals surface area contributed by atoms with E-state index < -0.39 is 0 Å². The van der Waals surface area contributed by atoms with Crippen LogP contribution in [0.1, 0.15) is 51.4 Å². The predicted octanol–water partition coefficient (Wildman–Crippen LogP) is 2.60. The quantitative estimate of drug-likeness (QED) is 0.717. The summed E-state index contributed by atoms with van der Waals surface area (Å²) in [5, 5.41) is 0. The van der Waals surface area contributed by atoms with Crippen LogP contribution in [-0.4, -0.2) is 37.1 Å². The maximum Gasteiger partial charge on any atom is 0.225 e. The van der Waals surface area contributed by atoms with E-state index >= 15 is 0 Å². The Balaban J connectivity index is 1.59. The molecule has 2 aliphatic heterocycles. The van der Waals surface area contributed by atoms with Crippen LogP contribution in [0, 0.1) is 11.3 Å². The molecule has 3 fully saturated rings. The van der Waals surface area contributed by atoms with Crippen LogP contribution in [0.3, 0.4) is 0 Å². The molecule has 18 heavy (non-hydrogen) atoms. The summed E-state index contributed by atoms with van der Waals surface area (Å²) in [5.74, 6) is 0.665. The molecule has 3 nitrogen and oxygen atoms in total. The molecule has 3 heteroatoms. The SMILES string of the molecule is O=C(C1CCOCC1)N1CCC2(CCCCC2)C1. The van der Waals surface area contributed by atoms with Gasteiger partial charge in [-0.15, -0.1) is 0 Å². The molecule has 2 saturated heterocycles. The van der Waals surface area contributed by atoms with Crippen molar-refractivity contribution in [3.8, 4) is 0 Å². The van der Waals surface area contributed by atoms with Crippen molar-refractivity contribution < 1.29 is 9.53 Å². The molecular weight excluding hydrogens is 226 g/mol. The lowest BCUT2D eigenvalue weighted by molar-refractivity contribution is -0.138. The zero-order valence-corrected chi connectivity index (χ0v) is 11.3. The van der Waals surface area contributed by atoms with Gasteiger partial charge in [-0.3, -0.25) is 4.79 Å². The van der Waals surface area contributed by atoms with Gasteiger partial charge in [0.25, 0.3) is 0 Å². The van der Waals surface area contributed by atoms with Crippen molar-refractivity contribution in [2.24, 2.45) is 11.3 Å². The molecule has 1 amide bonds. The zero-order valence-electron chi connectivity index (χ0n) is 11.3. The van der Waals surface area contributed by atoms with E-state index in [1.807, 2.05) is 0 Å². The summed E-state index contributed by atoms with van der Waals surface area (Å²) >= 11 is 0. The molecule has 0 radical (unpaired) electrons. The second-order valence-electron chi connectivity index (χ2n) is 6.46. The summed E-state index contributed by atoms with van der Waals surface area (Å²) < 4.78 is 5.35. The summed E-state index contributed by atoms with van der Waals surface area (Å²) in [7, 11) is 0. The van der Waals surface area contributed by atoms with E-state index in [-0.39, 0.29) is 5.92 Å². The molecule has 0 aromatic rings. The molecule has 3 rings (SSSR count). The molecule has 1 spiro atoms. The third kappa shape index (κ3) is 2.42. The minimum atomic E-state index is 0.248. The topological polar surface area (TPSA) is 29.5 Å². The summed E-state index contributed by atoms with van der Waals surface area (Å²) in [5.41, 5.74) is 0.499. The number of carbonyl (C=O) groups is 1. The Morgan fingerprint density at radius 2 is 1.78 bits per heavy atom. The fourth-order valence-corrected chi connectivity index (χ4v) is 4.04. The molecule has 0 aromatic heterocycles. The van der Waals surface area contributed by atoms with Gasteiger partial charge >= 0.3 is 0 Å². The van der Waals surface area contributed by atoms with Crippen LogP contribution in [0.5, 0.6) is 0 Å². The number of likely N-dealkylation sites (tertiary alicyclic amines) is 1. The lowest BCUT2D eigenvalue weighted by atomic mass is 9.73. The van der Waals surface area contributed by atoms with Gasteiger partial charge in [-0.1, -0.05) is 19.3 Å². The second kappa shape index (κ2) is 5.20. The predicted molar refractivity (Wildman–Crippen MR) is 70.3 cm³/mol. The molecule has 0 atom stereocenters. The number of amides is 1. The van der Waals surface area contributed by atoms with Gasteiger partial charge in [-0.05, 0) is 37.5 Å². The lowest BCUT2D eigenvalue weighted by Crippen LogP contribution is -2.39. The summed E-state index contributed by atoms with van der Waals surface area (Å²) in [4.78, 5) is 14.7. The first-order valence-electron chi connectivity index (χ1n) is 7.66. The maximum atomic E-state index is 12.5. The average Bonchev–Trinajstić information content (AvgIpc) is 2.83. The minimum Gasteiger partial charge on any atom is -0.381 e. The first kappa shape index (κ1) is 12.5. The Hall–Kier alpha value is -0.570. The first-order valence-corrected chi connectivity index (χ1v) is 7.66. The van der Waals surface area contributed by atoms with Crippen LogP contribution in [-0.2, 0) is 9.53 Å². The average molecular weight is 251 g/mol. The molecule has 2 heterocycles. The van der Waals surface area contributed by atoms with Gasteiger partial charge in [-0.25, -0.2) is 0 Å². The highest BCUT2D eigenvalue weighted by atomic mass is 16.5. The fourth-order valence-electron chi connectivity index (χ4n) is 4.04. The number of ether oxygens (including phenoxy) is 1. The van der Waals surface area contributed by atoms with Crippen molar-refractivity contribution in [1.29, 1.82) is 0 Å². The van der Waals surface area contributed by atoms with Crippen LogP contribution in [0.2, 0.25) is 0 Å². The van der Waals surface area contributed by atoms with E-state index in [1.54, 1.807) is 0 Å². The number of rotatable bonds is 1. The Morgan fingerprint density at radius 1 is 1.06 bits per heavy atom. The molecule has 1 saturated carbocycles. The van der Waals surface area contributed by atoms with Crippen LogP contribution < -0.4 is 0 Å². The van der Waals surface area contributed by atoms with E-state index in [2.05, 4.69) is 4.90 Å². The summed E-state index contributed by atoms with van der Waals surface area (Å²) in [6.45, 7) is 3.60. The van der Waals surface area contributed by atoms with Crippen LogP contribution in [0.4, 0.5) is 0 Å². The van der Waals surface area contributed by atoms with Gasteiger partial charge in [0.05, 0.1) is 0 Å². The molecule has 3 aliphatic rings. The van der Waals surface area contributed by atoms with Gasteiger partial charge in [0.15, 0.2) is 0 Å². The van der Waals surface area contributed by atoms with Gasteiger partial charge in [-0.2, -0.15) is 0 Å².